The van der Waals surface area contributed by atoms with Crippen LogP contribution >= 0.6 is 27.5 Å². The van der Waals surface area contributed by atoms with Crippen molar-refractivity contribution in [1.82, 2.24) is 0 Å². The highest BCUT2D eigenvalue weighted by atomic mass is 79.9. The summed E-state index contributed by atoms with van der Waals surface area (Å²) in [7, 11) is 0. The van der Waals surface area contributed by atoms with Crippen LogP contribution in [0.2, 0.25) is 5.02 Å². The zero-order valence-corrected chi connectivity index (χ0v) is 12.1. The molecule has 98 valence electrons. The second-order valence-electron chi connectivity index (χ2n) is 3.87. The van der Waals surface area contributed by atoms with E-state index in [1.165, 1.54) is 6.07 Å². The number of carboxylic acid groups (broad SMARTS) is 1. The Labute approximate surface area is 123 Å². The fraction of sp³-hybridized carbons (Fsp3) is 0.0714. The third kappa shape index (κ3) is 3.72. The molecule has 2 aromatic rings. The minimum absolute atomic E-state index is 0.170. The number of ether oxygens (including phenoxy) is 1. The molecule has 0 saturated heterocycles. The van der Waals surface area contributed by atoms with Crippen molar-refractivity contribution in [1.29, 1.82) is 0 Å². The Morgan fingerprint density at radius 2 is 2.05 bits per heavy atom. The minimum atomic E-state index is -1.000. The van der Waals surface area contributed by atoms with Gasteiger partial charge in [0.05, 0.1) is 5.56 Å². The average molecular weight is 342 g/mol. The van der Waals surface area contributed by atoms with Crippen molar-refractivity contribution in [3.63, 3.8) is 0 Å². The van der Waals surface area contributed by atoms with Crippen LogP contribution in [0.25, 0.3) is 0 Å². The van der Waals surface area contributed by atoms with Gasteiger partial charge in [-0.1, -0.05) is 23.7 Å². The number of benzene rings is 2. The lowest BCUT2D eigenvalue weighted by atomic mass is 10.2. The van der Waals surface area contributed by atoms with Gasteiger partial charge in [0.15, 0.2) is 0 Å². The average Bonchev–Trinajstić information content (AvgIpc) is 2.37. The van der Waals surface area contributed by atoms with Crippen molar-refractivity contribution in [2.75, 3.05) is 0 Å². The molecule has 0 aliphatic heterocycles. The van der Waals surface area contributed by atoms with Crippen LogP contribution in [0.1, 0.15) is 15.9 Å². The second kappa shape index (κ2) is 6.08. The molecule has 0 bridgehead atoms. The van der Waals surface area contributed by atoms with Crippen molar-refractivity contribution in [3.8, 4) is 5.75 Å². The second-order valence-corrected chi connectivity index (χ2v) is 5.16. The standard InChI is InChI=1S/C14H10BrClO3/c15-13-5-4-11(7-12(13)14(17)18)19-8-9-2-1-3-10(16)6-9/h1-7H,8H2,(H,17,18). The first kappa shape index (κ1) is 13.9. The molecule has 0 saturated carbocycles. The molecule has 0 radical (unpaired) electrons. The molecule has 0 heterocycles. The Bertz CT molecular complexity index is 613. The van der Waals surface area contributed by atoms with Gasteiger partial charge < -0.3 is 9.84 Å². The fourth-order valence-corrected chi connectivity index (χ4v) is 2.18. The first-order chi connectivity index (χ1) is 9.06. The molecule has 1 N–H and O–H groups in total. The maximum absolute atomic E-state index is 11.0. The summed E-state index contributed by atoms with van der Waals surface area (Å²) in [4.78, 5) is 11.0. The van der Waals surface area contributed by atoms with Crippen molar-refractivity contribution in [2.45, 2.75) is 6.61 Å². The minimum Gasteiger partial charge on any atom is -0.489 e. The van der Waals surface area contributed by atoms with Gasteiger partial charge in [-0.05, 0) is 51.8 Å². The molecule has 0 atom stereocenters. The summed E-state index contributed by atoms with van der Waals surface area (Å²) in [5.74, 6) is -0.499. The third-order valence-corrected chi connectivity index (χ3v) is 3.39. The summed E-state index contributed by atoms with van der Waals surface area (Å²) in [6.45, 7) is 0.335. The number of hydrogen-bond acceptors (Lipinski definition) is 2. The molecule has 0 unspecified atom stereocenters. The van der Waals surface area contributed by atoms with Gasteiger partial charge in [-0.25, -0.2) is 4.79 Å². The molecule has 0 amide bonds. The van der Waals surface area contributed by atoms with E-state index in [-0.39, 0.29) is 5.56 Å². The summed E-state index contributed by atoms with van der Waals surface area (Å²) in [5.41, 5.74) is 1.09. The van der Waals surface area contributed by atoms with Crippen LogP contribution in [0, 0.1) is 0 Å². The van der Waals surface area contributed by atoms with Gasteiger partial charge in [-0.3, -0.25) is 0 Å². The summed E-state index contributed by atoms with van der Waals surface area (Å²) in [6.07, 6.45) is 0. The Hall–Kier alpha value is -1.52. The molecule has 0 spiro atoms. The number of halogens is 2. The summed E-state index contributed by atoms with van der Waals surface area (Å²) in [6, 6.07) is 12.2. The van der Waals surface area contributed by atoms with Crippen LogP contribution < -0.4 is 4.74 Å². The highest BCUT2D eigenvalue weighted by molar-refractivity contribution is 9.10. The molecular formula is C14H10BrClO3. The van der Waals surface area contributed by atoms with E-state index in [1.54, 1.807) is 24.3 Å². The van der Waals surface area contributed by atoms with Gasteiger partial charge in [0.25, 0.3) is 0 Å². The maximum atomic E-state index is 11.0. The van der Waals surface area contributed by atoms with E-state index in [0.29, 0.717) is 21.9 Å². The summed E-state index contributed by atoms with van der Waals surface area (Å²) in [5, 5.41) is 9.65. The monoisotopic (exact) mass is 340 g/mol. The van der Waals surface area contributed by atoms with Gasteiger partial charge in [0, 0.05) is 9.50 Å². The lowest BCUT2D eigenvalue weighted by Gasteiger charge is -2.08. The molecule has 2 rings (SSSR count). The van der Waals surface area contributed by atoms with E-state index >= 15 is 0 Å². The Kier molecular flexibility index (Phi) is 4.45. The zero-order chi connectivity index (χ0) is 13.8. The van der Waals surface area contributed by atoms with E-state index in [1.807, 2.05) is 12.1 Å². The molecule has 0 aromatic heterocycles. The molecular weight excluding hydrogens is 332 g/mol. The van der Waals surface area contributed by atoms with E-state index in [0.717, 1.165) is 5.56 Å². The smallest absolute Gasteiger partial charge is 0.336 e. The molecule has 0 fully saturated rings. The normalized spacial score (nSPS) is 10.2. The number of carbonyl (C=O) groups is 1. The number of rotatable bonds is 4. The first-order valence-electron chi connectivity index (χ1n) is 5.46. The lowest BCUT2D eigenvalue weighted by molar-refractivity contribution is 0.0695. The topological polar surface area (TPSA) is 46.5 Å². The van der Waals surface area contributed by atoms with Crippen LogP contribution in [0.5, 0.6) is 5.75 Å². The first-order valence-corrected chi connectivity index (χ1v) is 6.63. The quantitative estimate of drug-likeness (QED) is 0.897. The molecule has 19 heavy (non-hydrogen) atoms. The molecule has 3 nitrogen and oxygen atoms in total. The largest absolute Gasteiger partial charge is 0.489 e. The predicted molar refractivity (Wildman–Crippen MR) is 76.9 cm³/mol. The van der Waals surface area contributed by atoms with Crippen LogP contribution in [0.3, 0.4) is 0 Å². The van der Waals surface area contributed by atoms with Gasteiger partial charge in [-0.15, -0.1) is 0 Å². The highest BCUT2D eigenvalue weighted by Crippen LogP contribution is 2.23. The molecule has 0 aliphatic rings. The highest BCUT2D eigenvalue weighted by Gasteiger charge is 2.09. The van der Waals surface area contributed by atoms with Crippen molar-refractivity contribution >= 4 is 33.5 Å². The summed E-state index contributed by atoms with van der Waals surface area (Å²) < 4.78 is 6.07. The van der Waals surface area contributed by atoms with Crippen LogP contribution in [-0.2, 0) is 6.61 Å². The van der Waals surface area contributed by atoms with Gasteiger partial charge in [0.1, 0.15) is 12.4 Å². The van der Waals surface area contributed by atoms with E-state index in [2.05, 4.69) is 15.9 Å². The van der Waals surface area contributed by atoms with Crippen molar-refractivity contribution in [3.05, 3.63) is 63.1 Å². The molecule has 0 aliphatic carbocycles. The van der Waals surface area contributed by atoms with Crippen LogP contribution in [0.15, 0.2) is 46.9 Å². The van der Waals surface area contributed by atoms with E-state index < -0.39 is 5.97 Å². The summed E-state index contributed by atoms with van der Waals surface area (Å²) >= 11 is 9.06. The van der Waals surface area contributed by atoms with Crippen LogP contribution in [0.4, 0.5) is 0 Å². The lowest BCUT2D eigenvalue weighted by Crippen LogP contribution is -2.00. The molecule has 5 heteroatoms. The van der Waals surface area contributed by atoms with Crippen LogP contribution in [-0.4, -0.2) is 11.1 Å². The van der Waals surface area contributed by atoms with Crippen molar-refractivity contribution < 1.29 is 14.6 Å². The van der Waals surface area contributed by atoms with Gasteiger partial charge >= 0.3 is 5.97 Å². The number of aromatic carboxylic acids is 1. The molecule has 2 aromatic carbocycles. The van der Waals surface area contributed by atoms with E-state index in [4.69, 9.17) is 21.4 Å². The SMILES string of the molecule is O=C(O)c1cc(OCc2cccc(Cl)c2)ccc1Br. The fourth-order valence-electron chi connectivity index (χ4n) is 1.55. The third-order valence-electron chi connectivity index (χ3n) is 2.46. The number of hydrogen-bond donors (Lipinski definition) is 1. The van der Waals surface area contributed by atoms with Crippen molar-refractivity contribution in [2.24, 2.45) is 0 Å². The Morgan fingerprint density at radius 3 is 2.74 bits per heavy atom. The van der Waals surface area contributed by atoms with Gasteiger partial charge in [0.2, 0.25) is 0 Å². The Morgan fingerprint density at radius 1 is 1.26 bits per heavy atom. The Balaban J connectivity index is 2.12. The zero-order valence-electron chi connectivity index (χ0n) is 9.77. The maximum Gasteiger partial charge on any atom is 0.336 e. The number of carboxylic acids is 1. The van der Waals surface area contributed by atoms with E-state index in [9.17, 15) is 4.79 Å². The van der Waals surface area contributed by atoms with Gasteiger partial charge in [-0.2, -0.15) is 0 Å². The predicted octanol–water partition coefficient (Wildman–Crippen LogP) is 4.38.